The first-order chi connectivity index (χ1) is 15.7. The molecule has 4 rings (SSSR count). The summed E-state index contributed by atoms with van der Waals surface area (Å²) in [5, 5.41) is 4.32. The third kappa shape index (κ3) is 5.39. The highest BCUT2D eigenvalue weighted by Crippen LogP contribution is 2.30. The van der Waals surface area contributed by atoms with Gasteiger partial charge in [0, 0.05) is 38.9 Å². The van der Waals surface area contributed by atoms with E-state index in [9.17, 15) is 18.0 Å². The van der Waals surface area contributed by atoms with Crippen molar-refractivity contribution >= 4 is 5.91 Å². The topological polar surface area (TPSA) is 54.3 Å². The van der Waals surface area contributed by atoms with Crippen molar-refractivity contribution in [2.24, 2.45) is 5.92 Å². The van der Waals surface area contributed by atoms with Crippen molar-refractivity contribution in [3.63, 3.8) is 0 Å². The van der Waals surface area contributed by atoms with E-state index in [1.165, 1.54) is 49.0 Å². The van der Waals surface area contributed by atoms with E-state index < -0.39 is 11.7 Å². The zero-order valence-electron chi connectivity index (χ0n) is 19.3. The molecule has 180 valence electrons. The van der Waals surface area contributed by atoms with E-state index >= 15 is 0 Å². The number of hydrogen-bond acceptors (Lipinski definition) is 4. The number of aromatic nitrogens is 3. The Balaban J connectivity index is 1.45. The summed E-state index contributed by atoms with van der Waals surface area (Å²) in [6.07, 6.45) is 4.52. The molecule has 1 saturated heterocycles. The molecule has 0 unspecified atom stereocenters. The second kappa shape index (κ2) is 9.83. The molecule has 3 heterocycles. The van der Waals surface area contributed by atoms with Crippen molar-refractivity contribution < 1.29 is 18.0 Å². The van der Waals surface area contributed by atoms with Crippen LogP contribution in [-0.4, -0.2) is 63.2 Å². The highest BCUT2D eigenvalue weighted by Gasteiger charge is 2.32. The fourth-order valence-electron chi connectivity index (χ4n) is 4.98. The Kier molecular flexibility index (Phi) is 7.07. The van der Waals surface area contributed by atoms with Gasteiger partial charge in [-0.05, 0) is 36.8 Å². The van der Waals surface area contributed by atoms with Crippen molar-refractivity contribution in [2.45, 2.75) is 58.0 Å². The quantitative estimate of drug-likeness (QED) is 0.642. The van der Waals surface area contributed by atoms with E-state index in [2.05, 4.69) is 15.0 Å². The van der Waals surface area contributed by atoms with E-state index in [0.29, 0.717) is 24.3 Å². The average Bonchev–Trinajstić information content (AvgIpc) is 3.25. The van der Waals surface area contributed by atoms with Gasteiger partial charge in [-0.25, -0.2) is 9.67 Å². The van der Waals surface area contributed by atoms with E-state index in [4.69, 9.17) is 0 Å². The van der Waals surface area contributed by atoms with Crippen LogP contribution in [0.4, 0.5) is 13.2 Å². The number of amides is 1. The van der Waals surface area contributed by atoms with Gasteiger partial charge >= 0.3 is 6.18 Å². The molecule has 0 N–H and O–H groups in total. The van der Waals surface area contributed by atoms with Gasteiger partial charge in [0.15, 0.2) is 5.82 Å². The lowest BCUT2D eigenvalue weighted by atomic mass is 9.89. The van der Waals surface area contributed by atoms with Crippen molar-refractivity contribution in [1.29, 1.82) is 0 Å². The van der Waals surface area contributed by atoms with Crippen LogP contribution in [0.1, 0.15) is 73.5 Å². The number of pyridine rings is 1. The van der Waals surface area contributed by atoms with Crippen LogP contribution in [0.5, 0.6) is 0 Å². The van der Waals surface area contributed by atoms with Crippen LogP contribution >= 0.6 is 0 Å². The molecule has 9 heteroatoms. The van der Waals surface area contributed by atoms with Crippen LogP contribution < -0.4 is 0 Å². The second-order valence-corrected chi connectivity index (χ2v) is 9.51. The predicted molar refractivity (Wildman–Crippen MR) is 119 cm³/mol. The molecule has 1 saturated carbocycles. The Morgan fingerprint density at radius 3 is 2.33 bits per heavy atom. The van der Waals surface area contributed by atoms with Gasteiger partial charge < -0.3 is 4.90 Å². The third-order valence-electron chi connectivity index (χ3n) is 6.78. The van der Waals surface area contributed by atoms with Crippen LogP contribution in [0.2, 0.25) is 0 Å². The zero-order chi connectivity index (χ0) is 23.6. The number of nitrogens with zero attached hydrogens (tertiary/aromatic N) is 5. The number of piperazine rings is 1. The Morgan fingerprint density at radius 2 is 1.76 bits per heavy atom. The minimum atomic E-state index is -4.45. The number of alkyl halides is 3. The highest BCUT2D eigenvalue weighted by molar-refractivity contribution is 5.95. The van der Waals surface area contributed by atoms with Crippen LogP contribution in [0, 0.1) is 5.92 Å². The van der Waals surface area contributed by atoms with Gasteiger partial charge in [0.1, 0.15) is 0 Å². The smallest absolute Gasteiger partial charge is 0.336 e. The summed E-state index contributed by atoms with van der Waals surface area (Å²) in [7, 11) is 0. The molecule has 0 spiro atoms. The standard InChI is InChI=1S/C24H32F3N5O/c1-17(2)22-20(15-29-32(22)21-9-8-19(14-28-21)24(25,26)27)23(33)31-12-10-30(11-13-31)16-18-6-4-3-5-7-18/h8-9,14-15,17-18H,3-7,10-13,16H2,1-2H3. The van der Waals surface area contributed by atoms with Gasteiger partial charge in [-0.3, -0.25) is 9.69 Å². The normalized spacial score (nSPS) is 18.8. The summed E-state index contributed by atoms with van der Waals surface area (Å²) in [6, 6.07) is 2.28. The highest BCUT2D eigenvalue weighted by atomic mass is 19.4. The molecule has 1 amide bonds. The average molecular weight is 464 g/mol. The van der Waals surface area contributed by atoms with Gasteiger partial charge in [-0.1, -0.05) is 33.1 Å². The maximum Gasteiger partial charge on any atom is 0.417 e. The summed E-state index contributed by atoms with van der Waals surface area (Å²) in [4.78, 5) is 21.6. The first kappa shape index (κ1) is 23.7. The molecular weight excluding hydrogens is 431 g/mol. The number of hydrogen-bond donors (Lipinski definition) is 0. The van der Waals surface area contributed by atoms with Crippen LogP contribution in [0.25, 0.3) is 5.82 Å². The Bertz CT molecular complexity index is 940. The van der Waals surface area contributed by atoms with Crippen LogP contribution in [0.3, 0.4) is 0 Å². The van der Waals surface area contributed by atoms with Crippen molar-refractivity contribution in [1.82, 2.24) is 24.6 Å². The van der Waals surface area contributed by atoms with Crippen LogP contribution in [-0.2, 0) is 6.18 Å². The largest absolute Gasteiger partial charge is 0.417 e. The SMILES string of the molecule is CC(C)c1c(C(=O)N2CCN(CC3CCCCC3)CC2)cnn1-c1ccc(C(F)(F)F)cn1. The van der Waals surface area contributed by atoms with Crippen molar-refractivity contribution in [3.05, 3.63) is 41.3 Å². The molecule has 2 aliphatic rings. The molecule has 2 fully saturated rings. The summed E-state index contributed by atoms with van der Waals surface area (Å²) in [5.41, 5.74) is 0.344. The summed E-state index contributed by atoms with van der Waals surface area (Å²) < 4.78 is 40.1. The molecule has 0 atom stereocenters. The number of rotatable bonds is 5. The molecule has 0 aromatic carbocycles. The molecular formula is C24H32F3N5O. The lowest BCUT2D eigenvalue weighted by Crippen LogP contribution is -2.50. The lowest BCUT2D eigenvalue weighted by Gasteiger charge is -2.37. The number of carbonyl (C=O) groups excluding carboxylic acids is 1. The number of carbonyl (C=O) groups is 1. The van der Waals surface area contributed by atoms with Gasteiger partial charge in [0.25, 0.3) is 5.91 Å². The molecule has 33 heavy (non-hydrogen) atoms. The molecule has 2 aromatic heterocycles. The van der Waals surface area contributed by atoms with Crippen LogP contribution in [0.15, 0.2) is 24.5 Å². The second-order valence-electron chi connectivity index (χ2n) is 9.51. The molecule has 1 aliphatic heterocycles. The fourth-order valence-corrected chi connectivity index (χ4v) is 4.98. The Labute approximate surface area is 192 Å². The molecule has 0 bridgehead atoms. The third-order valence-corrected chi connectivity index (χ3v) is 6.78. The summed E-state index contributed by atoms with van der Waals surface area (Å²) in [5.74, 6) is 0.920. The first-order valence-electron chi connectivity index (χ1n) is 11.9. The van der Waals surface area contributed by atoms with E-state index in [1.807, 2.05) is 18.7 Å². The number of halogens is 3. The minimum Gasteiger partial charge on any atom is -0.336 e. The van der Waals surface area contributed by atoms with E-state index in [0.717, 1.165) is 37.8 Å². The Morgan fingerprint density at radius 1 is 1.06 bits per heavy atom. The molecule has 6 nitrogen and oxygen atoms in total. The first-order valence-corrected chi connectivity index (χ1v) is 11.9. The minimum absolute atomic E-state index is 0.0527. The van der Waals surface area contributed by atoms with E-state index in [-0.39, 0.29) is 17.6 Å². The van der Waals surface area contributed by atoms with Gasteiger partial charge in [-0.15, -0.1) is 0 Å². The fraction of sp³-hybridized carbons (Fsp3) is 0.625. The Hall–Kier alpha value is -2.42. The van der Waals surface area contributed by atoms with Gasteiger partial charge in [0.05, 0.1) is 23.0 Å². The summed E-state index contributed by atoms with van der Waals surface area (Å²) in [6.45, 7) is 8.09. The maximum absolute atomic E-state index is 13.3. The predicted octanol–water partition coefficient (Wildman–Crippen LogP) is 4.75. The lowest BCUT2D eigenvalue weighted by molar-refractivity contribution is -0.137. The van der Waals surface area contributed by atoms with Crippen molar-refractivity contribution in [2.75, 3.05) is 32.7 Å². The van der Waals surface area contributed by atoms with Gasteiger partial charge in [-0.2, -0.15) is 18.3 Å². The van der Waals surface area contributed by atoms with Gasteiger partial charge in [0.2, 0.25) is 0 Å². The molecule has 0 radical (unpaired) electrons. The van der Waals surface area contributed by atoms with Crippen molar-refractivity contribution in [3.8, 4) is 5.82 Å². The molecule has 1 aliphatic carbocycles. The molecule has 2 aromatic rings. The van der Waals surface area contributed by atoms with E-state index in [1.54, 1.807) is 0 Å². The summed E-state index contributed by atoms with van der Waals surface area (Å²) >= 11 is 0. The monoisotopic (exact) mass is 463 g/mol. The zero-order valence-corrected chi connectivity index (χ0v) is 19.3. The maximum atomic E-state index is 13.3.